The Kier molecular flexibility index (Phi) is 9.93. The summed E-state index contributed by atoms with van der Waals surface area (Å²) in [6.07, 6.45) is 7.04. The van der Waals surface area contributed by atoms with E-state index in [1.165, 1.54) is 125 Å². The van der Waals surface area contributed by atoms with E-state index in [1.54, 1.807) is 10.8 Å². The molecular formula is C71H76BN3Si. The van der Waals surface area contributed by atoms with Crippen LogP contribution in [0.1, 0.15) is 135 Å². The lowest BCUT2D eigenvalue weighted by molar-refractivity contribution is 0.195. The molecular weight excluding hydrogens is 934 g/mol. The average molecular weight is 1010 g/mol. The van der Waals surface area contributed by atoms with Gasteiger partial charge in [0.2, 0.25) is 0 Å². The first kappa shape index (κ1) is 48.1. The van der Waals surface area contributed by atoms with Crippen LogP contribution in [0.5, 0.6) is 0 Å². The Morgan fingerprint density at radius 2 is 1.16 bits per heavy atom. The fourth-order valence-electron chi connectivity index (χ4n) is 16.1. The van der Waals surface area contributed by atoms with E-state index in [1.807, 2.05) is 0 Å². The zero-order valence-corrected chi connectivity index (χ0v) is 48.6. The molecule has 8 aromatic rings. The molecule has 4 heterocycles. The minimum atomic E-state index is -1.81. The standard InChI is InChI=1S/C71H76BN3Si/c1-66(2,3)49-30-32-59(53(39-49)48-29-28-45-22-14-15-24-47(45)38-48)73-61-33-31-50(67(4,5)6)40-57(61)72-58-44-52(76(11,12)13)43-56-65(58)75(70(9)36-21-20-35-68(56,70)7)63-42-51(41-62(73)64(63)72)74-60-27-19-18-26-55(60)69(8)37-34-46-23-16-17-25-54(46)71(69,74)10/h14-19,22-33,38-44H,20-21,34-37H2,1-13H3. The van der Waals surface area contributed by atoms with Crippen LogP contribution in [0, 0.1) is 0 Å². The first-order chi connectivity index (χ1) is 36.1. The van der Waals surface area contributed by atoms with Crippen molar-refractivity contribution in [1.29, 1.82) is 0 Å². The lowest BCUT2D eigenvalue weighted by atomic mass is 9.33. The first-order valence-corrected chi connectivity index (χ1v) is 32.3. The smallest absolute Gasteiger partial charge is 0.252 e. The SMILES string of the molecule is CC(C)(C)c1ccc2c(c1)B1c3cc([Si](C)(C)C)cc4c3N(c3cc(N5c6ccccc6C6(C)CCc7ccccc7C56C)cc(c31)N2c1ccc(C(C)(C)C)cc1-c1ccc2ccccc2c1)C1(C)CCCCC41C. The van der Waals surface area contributed by atoms with Crippen LogP contribution in [-0.2, 0) is 33.6 Å². The second-order valence-corrected chi connectivity index (χ2v) is 33.1. The lowest BCUT2D eigenvalue weighted by Gasteiger charge is -2.54. The van der Waals surface area contributed by atoms with E-state index in [-0.39, 0.29) is 39.5 Å². The van der Waals surface area contributed by atoms with Gasteiger partial charge in [0.25, 0.3) is 6.71 Å². The van der Waals surface area contributed by atoms with Crippen LogP contribution in [0.4, 0.5) is 39.8 Å². The number of anilines is 7. The molecule has 0 saturated heterocycles. The molecule has 4 aliphatic heterocycles. The van der Waals surface area contributed by atoms with E-state index in [0.29, 0.717) is 0 Å². The van der Waals surface area contributed by atoms with Gasteiger partial charge in [0.05, 0.1) is 24.8 Å². The van der Waals surface area contributed by atoms with Gasteiger partial charge in [0.15, 0.2) is 0 Å². The van der Waals surface area contributed by atoms with Gasteiger partial charge in [-0.3, -0.25) is 0 Å². The minimum absolute atomic E-state index is 0.0176. The molecule has 0 aromatic heterocycles. The van der Waals surface area contributed by atoms with Crippen LogP contribution in [0.2, 0.25) is 19.6 Å². The molecule has 14 rings (SSSR count). The molecule has 382 valence electrons. The molecule has 1 saturated carbocycles. The Bertz CT molecular complexity index is 3790. The van der Waals surface area contributed by atoms with E-state index >= 15 is 0 Å². The van der Waals surface area contributed by atoms with Gasteiger partial charge >= 0.3 is 0 Å². The normalized spacial score (nSPS) is 23.9. The molecule has 0 spiro atoms. The average Bonchev–Trinajstić information content (AvgIpc) is 3.77. The van der Waals surface area contributed by atoms with Crippen molar-refractivity contribution >= 4 is 86.9 Å². The predicted octanol–water partition coefficient (Wildman–Crippen LogP) is 16.3. The van der Waals surface area contributed by atoms with Crippen molar-refractivity contribution in [3.63, 3.8) is 0 Å². The maximum Gasteiger partial charge on any atom is 0.252 e. The first-order valence-electron chi connectivity index (χ1n) is 28.8. The van der Waals surface area contributed by atoms with Gasteiger partial charge in [-0.2, -0.15) is 0 Å². The summed E-state index contributed by atoms with van der Waals surface area (Å²) in [5, 5.41) is 4.12. The van der Waals surface area contributed by atoms with E-state index in [4.69, 9.17) is 0 Å². The number of aryl methyl sites for hydroxylation is 1. The summed E-state index contributed by atoms with van der Waals surface area (Å²) in [4.78, 5) is 8.56. The molecule has 5 heteroatoms. The molecule has 76 heavy (non-hydrogen) atoms. The molecule has 4 atom stereocenters. The van der Waals surface area contributed by atoms with Crippen LogP contribution in [-0.4, -0.2) is 20.3 Å². The van der Waals surface area contributed by atoms with Gasteiger partial charge in [-0.15, -0.1) is 0 Å². The third kappa shape index (κ3) is 6.30. The number of hydrogen-bond acceptors (Lipinski definition) is 3. The molecule has 3 nitrogen and oxygen atoms in total. The van der Waals surface area contributed by atoms with Gasteiger partial charge in [0, 0.05) is 50.5 Å². The summed E-state index contributed by atoms with van der Waals surface area (Å²) in [5.41, 5.74) is 24.2. The summed E-state index contributed by atoms with van der Waals surface area (Å²) >= 11 is 0. The number of fused-ring (bicyclic) bond motifs is 13. The third-order valence-electron chi connectivity index (χ3n) is 20.9. The maximum absolute atomic E-state index is 2.98. The molecule has 0 bridgehead atoms. The molecule has 0 N–H and O–H groups in total. The maximum atomic E-state index is 2.98. The van der Waals surface area contributed by atoms with E-state index < -0.39 is 8.07 Å². The molecule has 6 aliphatic rings. The zero-order valence-electron chi connectivity index (χ0n) is 47.6. The lowest BCUT2D eigenvalue weighted by Crippen LogP contribution is -2.65. The van der Waals surface area contributed by atoms with Crippen molar-refractivity contribution in [2.24, 2.45) is 0 Å². The van der Waals surface area contributed by atoms with E-state index in [2.05, 4.69) is 255 Å². The third-order valence-corrected chi connectivity index (χ3v) is 22.9. The Hall–Kier alpha value is -6.30. The highest BCUT2D eigenvalue weighted by molar-refractivity contribution is 7.01. The highest BCUT2D eigenvalue weighted by Crippen LogP contribution is 2.66. The highest BCUT2D eigenvalue weighted by atomic mass is 28.3. The molecule has 1 fully saturated rings. The molecule has 2 aliphatic carbocycles. The number of nitrogens with zero attached hydrogens (tertiary/aromatic N) is 3. The van der Waals surface area contributed by atoms with Crippen molar-refractivity contribution in [2.45, 2.75) is 160 Å². The molecule has 4 unspecified atom stereocenters. The Morgan fingerprint density at radius 1 is 0.500 bits per heavy atom. The van der Waals surface area contributed by atoms with Crippen LogP contribution in [0.15, 0.2) is 152 Å². The van der Waals surface area contributed by atoms with Crippen molar-refractivity contribution in [3.8, 4) is 11.1 Å². The summed E-state index contributed by atoms with van der Waals surface area (Å²) in [6, 6.07) is 60.8. The van der Waals surface area contributed by atoms with Gasteiger partial charge in [-0.1, -0.05) is 202 Å². The summed E-state index contributed by atoms with van der Waals surface area (Å²) < 4.78 is 0. The van der Waals surface area contributed by atoms with Crippen LogP contribution in [0.3, 0.4) is 0 Å². The van der Waals surface area contributed by atoms with Crippen LogP contribution in [0.25, 0.3) is 21.9 Å². The monoisotopic (exact) mass is 1010 g/mol. The molecule has 0 radical (unpaired) electrons. The van der Waals surface area contributed by atoms with E-state index in [0.717, 1.165) is 19.3 Å². The number of para-hydroxylation sites is 1. The van der Waals surface area contributed by atoms with Gasteiger partial charge in [0.1, 0.15) is 0 Å². The fraction of sp³-hybridized carbons (Fsp3) is 0.352. The van der Waals surface area contributed by atoms with Gasteiger partial charge in [-0.05, 0) is 159 Å². The molecule has 0 amide bonds. The van der Waals surface area contributed by atoms with Gasteiger partial charge < -0.3 is 14.7 Å². The number of hydrogen-bond donors (Lipinski definition) is 0. The summed E-state index contributed by atoms with van der Waals surface area (Å²) in [7, 11) is -1.81. The quantitative estimate of drug-likeness (QED) is 0.163. The fourth-order valence-corrected chi connectivity index (χ4v) is 17.2. The second kappa shape index (κ2) is 15.7. The topological polar surface area (TPSA) is 9.72 Å². The number of benzene rings is 8. The summed E-state index contributed by atoms with van der Waals surface area (Å²) in [5.74, 6) is 0. The van der Waals surface area contributed by atoms with Crippen molar-refractivity contribution in [3.05, 3.63) is 185 Å². The van der Waals surface area contributed by atoms with Crippen LogP contribution >= 0.6 is 0 Å². The summed E-state index contributed by atoms with van der Waals surface area (Å²) in [6.45, 7) is 32.5. The van der Waals surface area contributed by atoms with Crippen LogP contribution < -0.4 is 36.3 Å². The van der Waals surface area contributed by atoms with Gasteiger partial charge in [-0.25, -0.2) is 0 Å². The van der Waals surface area contributed by atoms with E-state index in [9.17, 15) is 0 Å². The Morgan fingerprint density at radius 3 is 1.91 bits per heavy atom. The van der Waals surface area contributed by atoms with Crippen molar-refractivity contribution in [1.82, 2.24) is 0 Å². The minimum Gasteiger partial charge on any atom is -0.335 e. The predicted molar refractivity (Wildman–Crippen MR) is 330 cm³/mol. The van der Waals surface area contributed by atoms with Crippen molar-refractivity contribution in [2.75, 3.05) is 14.7 Å². The number of rotatable bonds is 4. The van der Waals surface area contributed by atoms with Crippen molar-refractivity contribution < 1.29 is 0 Å². The Balaban J connectivity index is 1.15. The molecule has 8 aromatic carbocycles. The second-order valence-electron chi connectivity index (χ2n) is 28.0. The Labute approximate surface area is 455 Å². The zero-order chi connectivity index (χ0) is 52.9. The highest BCUT2D eigenvalue weighted by Gasteiger charge is 2.63. The largest absolute Gasteiger partial charge is 0.335 e.